The van der Waals surface area contributed by atoms with Crippen molar-refractivity contribution in [2.24, 2.45) is 0 Å². The zero-order valence-corrected chi connectivity index (χ0v) is 14.3. The van der Waals surface area contributed by atoms with Gasteiger partial charge in [0.05, 0.1) is 11.9 Å². The topological polar surface area (TPSA) is 63.6 Å². The normalized spacial score (nSPS) is 11.4. The van der Waals surface area contributed by atoms with Crippen molar-refractivity contribution in [1.82, 2.24) is 19.5 Å². The molecule has 5 nitrogen and oxygen atoms in total. The van der Waals surface area contributed by atoms with Crippen molar-refractivity contribution in [3.8, 4) is 10.4 Å². The van der Waals surface area contributed by atoms with Crippen LogP contribution in [0.1, 0.15) is 16.5 Å². The van der Waals surface area contributed by atoms with Crippen LogP contribution < -0.4 is 5.56 Å². The lowest BCUT2D eigenvalue weighted by Gasteiger charge is -2.04. The van der Waals surface area contributed by atoms with E-state index in [9.17, 15) is 4.79 Å². The Bertz CT molecular complexity index is 1050. The van der Waals surface area contributed by atoms with E-state index in [-0.39, 0.29) is 5.56 Å². The second kappa shape index (κ2) is 5.43. The third kappa shape index (κ3) is 2.51. The number of fused-ring (bicyclic) bond motifs is 1. The Hall–Kier alpha value is -2.25. The predicted molar refractivity (Wildman–Crippen MR) is 94.4 cm³/mol. The molecule has 116 valence electrons. The smallest absolute Gasteiger partial charge is 0.260 e. The predicted octanol–water partition coefficient (Wildman–Crippen LogP) is 3.57. The van der Waals surface area contributed by atoms with E-state index in [2.05, 4.69) is 34.0 Å². The first-order valence-electron chi connectivity index (χ1n) is 7.17. The number of nitrogens with zero attached hydrogens (tertiary/aromatic N) is 3. The lowest BCUT2D eigenvalue weighted by atomic mass is 10.2. The molecule has 0 aromatic carbocycles. The molecule has 0 spiro atoms. The number of rotatable bonds is 3. The van der Waals surface area contributed by atoms with Crippen LogP contribution in [-0.2, 0) is 6.54 Å². The number of thiophene rings is 2. The Labute approximate surface area is 140 Å². The van der Waals surface area contributed by atoms with Crippen molar-refractivity contribution < 1.29 is 0 Å². The summed E-state index contributed by atoms with van der Waals surface area (Å²) in [6.07, 6.45) is 3.63. The molecular weight excluding hydrogens is 328 g/mol. The molecule has 1 N–H and O–H groups in total. The molecule has 0 fully saturated rings. The Morgan fingerprint density at radius 3 is 2.87 bits per heavy atom. The molecule has 0 aliphatic carbocycles. The quantitative estimate of drug-likeness (QED) is 0.619. The number of hydrogen-bond acceptors (Lipinski definition) is 5. The van der Waals surface area contributed by atoms with E-state index >= 15 is 0 Å². The summed E-state index contributed by atoms with van der Waals surface area (Å²) in [4.78, 5) is 27.4. The monoisotopic (exact) mass is 342 g/mol. The van der Waals surface area contributed by atoms with Gasteiger partial charge in [0, 0.05) is 33.1 Å². The number of aryl methyl sites for hydroxylation is 2. The standard InChI is InChI=1S/C16H14N4OS2/c1-9-3-4-12(23-9)11-8-22-16-14(11)15(21)18-13(19-16)7-20-6-5-17-10(20)2/h3-6,8H,7H2,1-2H3,(H,18,19,21). The highest BCUT2D eigenvalue weighted by Crippen LogP contribution is 2.34. The Morgan fingerprint density at radius 2 is 2.17 bits per heavy atom. The summed E-state index contributed by atoms with van der Waals surface area (Å²) in [6, 6.07) is 4.13. The van der Waals surface area contributed by atoms with Crippen LogP contribution in [0.25, 0.3) is 20.7 Å². The third-order valence-corrected chi connectivity index (χ3v) is 5.65. The van der Waals surface area contributed by atoms with E-state index in [1.165, 1.54) is 16.2 Å². The molecule has 4 aromatic rings. The molecule has 0 amide bonds. The number of hydrogen-bond donors (Lipinski definition) is 1. The van der Waals surface area contributed by atoms with E-state index in [1.54, 1.807) is 17.5 Å². The Kier molecular flexibility index (Phi) is 3.39. The minimum absolute atomic E-state index is 0.0786. The number of H-pyrrole nitrogens is 1. The molecule has 23 heavy (non-hydrogen) atoms. The second-order valence-electron chi connectivity index (χ2n) is 5.35. The zero-order valence-electron chi connectivity index (χ0n) is 12.7. The second-order valence-corrected chi connectivity index (χ2v) is 7.50. The van der Waals surface area contributed by atoms with Crippen LogP contribution in [0, 0.1) is 13.8 Å². The van der Waals surface area contributed by atoms with E-state index in [4.69, 9.17) is 0 Å². The molecule has 7 heteroatoms. The van der Waals surface area contributed by atoms with Gasteiger partial charge in [-0.2, -0.15) is 0 Å². The number of imidazole rings is 1. The van der Waals surface area contributed by atoms with E-state index in [1.807, 2.05) is 23.1 Å². The summed E-state index contributed by atoms with van der Waals surface area (Å²) in [5.41, 5.74) is 0.896. The third-order valence-electron chi connectivity index (χ3n) is 3.74. The number of nitrogens with one attached hydrogen (secondary N) is 1. The fourth-order valence-corrected chi connectivity index (χ4v) is 4.48. The minimum atomic E-state index is -0.0786. The lowest BCUT2D eigenvalue weighted by molar-refractivity contribution is 0.719. The van der Waals surface area contributed by atoms with Crippen LogP contribution in [-0.4, -0.2) is 19.5 Å². The summed E-state index contributed by atoms with van der Waals surface area (Å²) >= 11 is 3.21. The first-order valence-corrected chi connectivity index (χ1v) is 8.86. The largest absolute Gasteiger partial charge is 0.328 e. The summed E-state index contributed by atoms with van der Waals surface area (Å²) in [5.74, 6) is 1.55. The van der Waals surface area contributed by atoms with Crippen molar-refractivity contribution in [2.75, 3.05) is 0 Å². The Balaban J connectivity index is 1.81. The van der Waals surface area contributed by atoms with Gasteiger partial charge in [0.1, 0.15) is 16.5 Å². The van der Waals surface area contributed by atoms with E-state index in [0.29, 0.717) is 17.8 Å². The first-order chi connectivity index (χ1) is 11.1. The minimum Gasteiger partial charge on any atom is -0.328 e. The summed E-state index contributed by atoms with van der Waals surface area (Å²) in [6.45, 7) is 4.51. The van der Waals surface area contributed by atoms with Gasteiger partial charge in [-0.15, -0.1) is 22.7 Å². The van der Waals surface area contributed by atoms with Crippen molar-refractivity contribution in [3.63, 3.8) is 0 Å². The van der Waals surface area contributed by atoms with E-state index < -0.39 is 0 Å². The molecule has 0 bridgehead atoms. The van der Waals surface area contributed by atoms with Crippen molar-refractivity contribution >= 4 is 32.9 Å². The molecule has 0 radical (unpaired) electrons. The van der Waals surface area contributed by atoms with Crippen LogP contribution in [0.2, 0.25) is 0 Å². The number of aromatic nitrogens is 4. The summed E-state index contributed by atoms with van der Waals surface area (Å²) in [5, 5.41) is 2.70. The highest BCUT2D eigenvalue weighted by Gasteiger charge is 2.14. The SMILES string of the molecule is Cc1ccc(-c2csc3nc(Cn4ccnc4C)[nH]c(=O)c23)s1. The molecule has 0 aliphatic rings. The van der Waals surface area contributed by atoms with E-state index in [0.717, 1.165) is 21.1 Å². The average Bonchev–Trinajstić information content (AvgIpc) is 3.20. The molecule has 0 atom stereocenters. The molecule has 4 heterocycles. The average molecular weight is 342 g/mol. The maximum Gasteiger partial charge on any atom is 0.260 e. The maximum atomic E-state index is 12.6. The van der Waals surface area contributed by atoms with Gasteiger partial charge >= 0.3 is 0 Å². The highest BCUT2D eigenvalue weighted by molar-refractivity contribution is 7.19. The van der Waals surface area contributed by atoms with Crippen molar-refractivity contribution in [2.45, 2.75) is 20.4 Å². The summed E-state index contributed by atoms with van der Waals surface area (Å²) in [7, 11) is 0. The molecule has 0 saturated carbocycles. The highest BCUT2D eigenvalue weighted by atomic mass is 32.1. The van der Waals surface area contributed by atoms with Crippen LogP contribution >= 0.6 is 22.7 Å². The van der Waals surface area contributed by atoms with Crippen molar-refractivity contribution in [3.05, 3.63) is 56.8 Å². The van der Waals surface area contributed by atoms with Gasteiger partial charge in [0.2, 0.25) is 0 Å². The lowest BCUT2D eigenvalue weighted by Crippen LogP contribution is -2.14. The fourth-order valence-electron chi connectivity index (χ4n) is 2.56. The molecule has 0 saturated heterocycles. The van der Waals surface area contributed by atoms with Crippen LogP contribution in [0.4, 0.5) is 0 Å². The molecule has 4 aromatic heterocycles. The van der Waals surface area contributed by atoms with Crippen LogP contribution in [0.15, 0.2) is 34.7 Å². The van der Waals surface area contributed by atoms with Gasteiger partial charge in [-0.1, -0.05) is 0 Å². The van der Waals surface area contributed by atoms with Gasteiger partial charge in [0.25, 0.3) is 5.56 Å². The first kappa shape index (κ1) is 14.3. The van der Waals surface area contributed by atoms with Gasteiger partial charge < -0.3 is 9.55 Å². The van der Waals surface area contributed by atoms with Crippen molar-refractivity contribution in [1.29, 1.82) is 0 Å². The Morgan fingerprint density at radius 1 is 1.30 bits per heavy atom. The molecule has 4 rings (SSSR count). The van der Waals surface area contributed by atoms with Crippen LogP contribution in [0.3, 0.4) is 0 Å². The summed E-state index contributed by atoms with van der Waals surface area (Å²) < 4.78 is 1.96. The zero-order chi connectivity index (χ0) is 16.0. The van der Waals surface area contributed by atoms with Gasteiger partial charge in [-0.05, 0) is 26.0 Å². The molecular formula is C16H14N4OS2. The number of aromatic amines is 1. The fraction of sp³-hybridized carbons (Fsp3) is 0.188. The van der Waals surface area contributed by atoms with Crippen LogP contribution in [0.5, 0.6) is 0 Å². The maximum absolute atomic E-state index is 12.6. The molecule has 0 unspecified atom stereocenters. The van der Waals surface area contributed by atoms with Gasteiger partial charge in [0.15, 0.2) is 0 Å². The van der Waals surface area contributed by atoms with Gasteiger partial charge in [-0.3, -0.25) is 4.79 Å². The molecule has 0 aliphatic heterocycles. The van der Waals surface area contributed by atoms with Gasteiger partial charge in [-0.25, -0.2) is 9.97 Å².